The SMILES string of the molecule is CC(C)[C@@H]1[C@H](c2ccccc2)N(C)[C@H](c2ccccc2)C[C@]1(O)c1ccccc1. The Morgan fingerprint density at radius 1 is 0.793 bits per heavy atom. The van der Waals surface area contributed by atoms with E-state index in [1.54, 1.807) is 0 Å². The largest absolute Gasteiger partial charge is 0.385 e. The van der Waals surface area contributed by atoms with Crippen molar-refractivity contribution in [1.82, 2.24) is 4.90 Å². The number of hydrogen-bond acceptors (Lipinski definition) is 2. The maximum absolute atomic E-state index is 12.3. The van der Waals surface area contributed by atoms with E-state index in [9.17, 15) is 5.11 Å². The molecule has 0 unspecified atom stereocenters. The lowest BCUT2D eigenvalue weighted by Crippen LogP contribution is -2.53. The van der Waals surface area contributed by atoms with Gasteiger partial charge in [0.25, 0.3) is 0 Å². The van der Waals surface area contributed by atoms with Crippen LogP contribution in [0.4, 0.5) is 0 Å². The fraction of sp³-hybridized carbons (Fsp3) is 0.333. The predicted molar refractivity (Wildman–Crippen MR) is 119 cm³/mol. The molecule has 2 heteroatoms. The highest BCUT2D eigenvalue weighted by Crippen LogP contribution is 2.55. The van der Waals surface area contributed by atoms with Crippen LogP contribution in [0, 0.1) is 11.8 Å². The molecule has 2 nitrogen and oxygen atoms in total. The molecule has 3 aromatic carbocycles. The molecular formula is C27H31NO. The van der Waals surface area contributed by atoms with Crippen molar-refractivity contribution in [3.8, 4) is 0 Å². The third kappa shape index (κ3) is 3.63. The van der Waals surface area contributed by atoms with Gasteiger partial charge in [0.2, 0.25) is 0 Å². The van der Waals surface area contributed by atoms with E-state index in [1.807, 2.05) is 18.2 Å². The van der Waals surface area contributed by atoms with Gasteiger partial charge in [0.1, 0.15) is 0 Å². The Hall–Kier alpha value is -2.42. The van der Waals surface area contributed by atoms with Gasteiger partial charge >= 0.3 is 0 Å². The molecule has 1 fully saturated rings. The van der Waals surface area contributed by atoms with Crippen molar-refractivity contribution in [2.75, 3.05) is 7.05 Å². The third-order valence-corrected chi connectivity index (χ3v) is 6.64. The van der Waals surface area contributed by atoms with Gasteiger partial charge in [-0.1, -0.05) is 105 Å². The Bertz CT molecular complexity index is 909. The second kappa shape index (κ2) is 8.14. The van der Waals surface area contributed by atoms with Crippen molar-refractivity contribution in [1.29, 1.82) is 0 Å². The Balaban J connectivity index is 1.90. The fourth-order valence-electron chi connectivity index (χ4n) is 5.36. The number of piperidine rings is 1. The van der Waals surface area contributed by atoms with E-state index in [-0.39, 0.29) is 18.0 Å². The summed E-state index contributed by atoms with van der Waals surface area (Å²) in [4.78, 5) is 2.48. The van der Waals surface area contributed by atoms with Crippen LogP contribution >= 0.6 is 0 Å². The number of hydrogen-bond donors (Lipinski definition) is 1. The number of aliphatic hydroxyl groups is 1. The summed E-state index contributed by atoms with van der Waals surface area (Å²) in [7, 11) is 2.22. The van der Waals surface area contributed by atoms with Gasteiger partial charge in [-0.3, -0.25) is 4.90 Å². The maximum Gasteiger partial charge on any atom is 0.0963 e. The van der Waals surface area contributed by atoms with Crippen molar-refractivity contribution >= 4 is 0 Å². The Kier molecular flexibility index (Phi) is 5.58. The number of likely N-dealkylation sites (tertiary alicyclic amines) is 1. The van der Waals surface area contributed by atoms with Crippen LogP contribution in [-0.4, -0.2) is 17.1 Å². The molecule has 4 rings (SSSR count). The summed E-state index contributed by atoms with van der Waals surface area (Å²) in [5.41, 5.74) is 2.65. The highest BCUT2D eigenvalue weighted by atomic mass is 16.3. The van der Waals surface area contributed by atoms with Gasteiger partial charge in [0.15, 0.2) is 0 Å². The van der Waals surface area contributed by atoms with E-state index < -0.39 is 5.60 Å². The van der Waals surface area contributed by atoms with Crippen molar-refractivity contribution in [3.05, 3.63) is 108 Å². The van der Waals surface area contributed by atoms with Gasteiger partial charge in [-0.05, 0) is 29.7 Å². The van der Waals surface area contributed by atoms with Crippen LogP contribution in [0.2, 0.25) is 0 Å². The van der Waals surface area contributed by atoms with Gasteiger partial charge < -0.3 is 5.11 Å². The smallest absolute Gasteiger partial charge is 0.0963 e. The second-order valence-corrected chi connectivity index (χ2v) is 8.71. The number of benzene rings is 3. The molecule has 150 valence electrons. The van der Waals surface area contributed by atoms with E-state index >= 15 is 0 Å². The van der Waals surface area contributed by atoms with E-state index in [0.29, 0.717) is 12.3 Å². The Morgan fingerprint density at radius 3 is 1.79 bits per heavy atom. The summed E-state index contributed by atoms with van der Waals surface area (Å²) >= 11 is 0. The molecule has 1 heterocycles. The lowest BCUT2D eigenvalue weighted by molar-refractivity contribution is -0.142. The second-order valence-electron chi connectivity index (χ2n) is 8.71. The molecule has 0 spiro atoms. The van der Waals surface area contributed by atoms with Crippen LogP contribution < -0.4 is 0 Å². The van der Waals surface area contributed by atoms with E-state index in [0.717, 1.165) is 5.56 Å². The average molecular weight is 386 g/mol. The zero-order valence-electron chi connectivity index (χ0n) is 17.6. The minimum Gasteiger partial charge on any atom is -0.385 e. The molecular weight excluding hydrogens is 354 g/mol. The third-order valence-electron chi connectivity index (χ3n) is 6.64. The minimum atomic E-state index is -0.900. The van der Waals surface area contributed by atoms with Crippen LogP contribution in [-0.2, 0) is 5.60 Å². The lowest BCUT2D eigenvalue weighted by Gasteiger charge is -2.55. The van der Waals surface area contributed by atoms with Crippen LogP contribution in [0.1, 0.15) is 49.0 Å². The summed E-state index contributed by atoms with van der Waals surface area (Å²) < 4.78 is 0. The van der Waals surface area contributed by atoms with Crippen LogP contribution in [0.5, 0.6) is 0 Å². The monoisotopic (exact) mass is 385 g/mol. The molecule has 0 saturated carbocycles. The van der Waals surface area contributed by atoms with Crippen LogP contribution in [0.15, 0.2) is 91.0 Å². The summed E-state index contributed by atoms with van der Waals surface area (Å²) in [5.74, 6) is 0.404. The Labute approximate surface area is 174 Å². The highest BCUT2D eigenvalue weighted by molar-refractivity contribution is 5.32. The van der Waals surface area contributed by atoms with Gasteiger partial charge in [-0.15, -0.1) is 0 Å². The van der Waals surface area contributed by atoms with Gasteiger partial charge in [0.05, 0.1) is 5.60 Å². The molecule has 3 aromatic rings. The van der Waals surface area contributed by atoms with Crippen molar-refractivity contribution in [2.45, 2.75) is 38.0 Å². The first-order valence-electron chi connectivity index (χ1n) is 10.6. The van der Waals surface area contributed by atoms with Crippen LogP contribution in [0.25, 0.3) is 0 Å². The molecule has 0 radical (unpaired) electrons. The van der Waals surface area contributed by atoms with Crippen molar-refractivity contribution < 1.29 is 5.11 Å². The number of nitrogens with zero attached hydrogens (tertiary/aromatic N) is 1. The highest BCUT2D eigenvalue weighted by Gasteiger charge is 2.52. The number of rotatable bonds is 4. The first-order valence-corrected chi connectivity index (χ1v) is 10.6. The summed E-state index contributed by atoms with van der Waals surface area (Å²) in [6.07, 6.45) is 0.684. The van der Waals surface area contributed by atoms with Crippen LogP contribution in [0.3, 0.4) is 0 Å². The standard InChI is InChI=1S/C27H31NO/c1-20(2)25-26(22-15-9-5-10-16-22)28(3)24(21-13-7-4-8-14-21)19-27(25,29)23-17-11-6-12-18-23/h4-18,20,24-26,29H,19H2,1-3H3/t24-,25+,26-,27-/m0/s1. The summed E-state index contributed by atoms with van der Waals surface area (Å²) in [6, 6.07) is 31.8. The lowest BCUT2D eigenvalue weighted by atomic mass is 9.63. The molecule has 1 N–H and O–H groups in total. The van der Waals surface area contributed by atoms with E-state index in [2.05, 4.69) is 98.6 Å². The molecule has 0 bridgehead atoms. The van der Waals surface area contributed by atoms with E-state index in [4.69, 9.17) is 0 Å². The first-order chi connectivity index (χ1) is 14.0. The zero-order valence-corrected chi connectivity index (χ0v) is 17.6. The molecule has 1 saturated heterocycles. The minimum absolute atomic E-state index is 0.0808. The fourth-order valence-corrected chi connectivity index (χ4v) is 5.36. The first kappa shape index (κ1) is 19.9. The molecule has 0 aromatic heterocycles. The predicted octanol–water partition coefficient (Wildman–Crippen LogP) is 5.96. The molecule has 1 aliphatic rings. The maximum atomic E-state index is 12.3. The summed E-state index contributed by atoms with van der Waals surface area (Å²) in [5, 5.41) is 12.3. The topological polar surface area (TPSA) is 23.5 Å². The normalized spacial score (nSPS) is 27.8. The van der Waals surface area contributed by atoms with Gasteiger partial charge in [-0.25, -0.2) is 0 Å². The molecule has 4 atom stereocenters. The van der Waals surface area contributed by atoms with E-state index in [1.165, 1.54) is 11.1 Å². The van der Waals surface area contributed by atoms with Gasteiger partial charge in [0, 0.05) is 24.4 Å². The van der Waals surface area contributed by atoms with Crippen molar-refractivity contribution in [2.24, 2.45) is 11.8 Å². The molecule has 0 aliphatic carbocycles. The van der Waals surface area contributed by atoms with Gasteiger partial charge in [-0.2, -0.15) is 0 Å². The quantitative estimate of drug-likeness (QED) is 0.598. The average Bonchev–Trinajstić information content (AvgIpc) is 2.76. The molecule has 29 heavy (non-hydrogen) atoms. The Morgan fingerprint density at radius 2 is 1.28 bits per heavy atom. The zero-order chi connectivity index (χ0) is 20.4. The molecule has 0 amide bonds. The molecule has 1 aliphatic heterocycles. The van der Waals surface area contributed by atoms with Crippen molar-refractivity contribution in [3.63, 3.8) is 0 Å². The summed E-state index contributed by atoms with van der Waals surface area (Å²) in [6.45, 7) is 4.48.